The average molecular weight is 415 g/mol. The van der Waals surface area contributed by atoms with E-state index < -0.39 is 51.7 Å². The van der Waals surface area contributed by atoms with Crippen LogP contribution in [-0.2, 0) is 9.53 Å². The van der Waals surface area contributed by atoms with Crippen LogP contribution >= 0.6 is 0 Å². The number of rotatable bonds is 5. The molecule has 0 spiro atoms. The first kappa shape index (κ1) is 20.6. The molecule has 3 amide bonds. The Morgan fingerprint density at radius 1 is 1.20 bits per heavy atom. The molecule has 0 saturated heterocycles. The van der Waals surface area contributed by atoms with Crippen LogP contribution in [-0.4, -0.2) is 46.7 Å². The second-order valence-electron chi connectivity index (χ2n) is 6.29. The van der Waals surface area contributed by atoms with Gasteiger partial charge in [-0.2, -0.15) is 0 Å². The largest absolute Gasteiger partial charge is 0.465 e. The van der Waals surface area contributed by atoms with Gasteiger partial charge in [0, 0.05) is 6.07 Å². The van der Waals surface area contributed by atoms with Crippen molar-refractivity contribution in [2.24, 2.45) is 0 Å². The Labute approximate surface area is 168 Å². The Kier molecular flexibility index (Phi) is 5.28. The van der Waals surface area contributed by atoms with Gasteiger partial charge in [0.1, 0.15) is 17.4 Å². The number of fused-ring (bicyclic) bond motifs is 1. The molecule has 0 aromatic heterocycles. The van der Waals surface area contributed by atoms with Gasteiger partial charge in [0.2, 0.25) is 5.91 Å². The molecule has 11 heteroatoms. The third kappa shape index (κ3) is 3.36. The summed E-state index contributed by atoms with van der Waals surface area (Å²) in [6.45, 7) is 1.21. The fourth-order valence-electron chi connectivity index (χ4n) is 3.01. The van der Waals surface area contributed by atoms with E-state index in [2.05, 4.69) is 10.1 Å². The number of nitrogens with one attached hydrogen (secondary N) is 1. The Morgan fingerprint density at radius 3 is 2.53 bits per heavy atom. The fourth-order valence-corrected chi connectivity index (χ4v) is 3.01. The molecule has 10 nitrogen and oxygen atoms in total. The van der Waals surface area contributed by atoms with E-state index in [0.29, 0.717) is 4.90 Å². The molecule has 30 heavy (non-hydrogen) atoms. The van der Waals surface area contributed by atoms with Crippen molar-refractivity contribution < 1.29 is 33.2 Å². The number of anilines is 1. The Morgan fingerprint density at radius 2 is 1.90 bits per heavy atom. The van der Waals surface area contributed by atoms with Gasteiger partial charge in [0.25, 0.3) is 17.5 Å². The van der Waals surface area contributed by atoms with Crippen molar-refractivity contribution in [3.63, 3.8) is 0 Å². The average Bonchev–Trinajstić information content (AvgIpc) is 2.98. The zero-order valence-corrected chi connectivity index (χ0v) is 15.7. The molecule has 0 aliphatic carbocycles. The predicted octanol–water partition coefficient (Wildman–Crippen LogP) is 2.14. The van der Waals surface area contributed by atoms with Crippen molar-refractivity contribution in [3.05, 3.63) is 69.0 Å². The molecule has 154 valence electrons. The maximum Gasteiger partial charge on any atom is 0.337 e. The van der Waals surface area contributed by atoms with E-state index in [4.69, 9.17) is 0 Å². The summed E-state index contributed by atoms with van der Waals surface area (Å²) in [7, 11) is 1.13. The summed E-state index contributed by atoms with van der Waals surface area (Å²) in [6, 6.07) is 5.29. The molecule has 0 bridgehead atoms. The lowest BCUT2D eigenvalue weighted by Gasteiger charge is -2.21. The molecule has 2 aromatic carbocycles. The molecular formula is C19H14FN3O7. The van der Waals surface area contributed by atoms with Crippen molar-refractivity contribution in [1.29, 1.82) is 0 Å². The third-order valence-electron chi connectivity index (χ3n) is 4.53. The first-order valence-corrected chi connectivity index (χ1v) is 8.51. The van der Waals surface area contributed by atoms with Crippen LogP contribution in [0.3, 0.4) is 0 Å². The van der Waals surface area contributed by atoms with Gasteiger partial charge in [0.15, 0.2) is 0 Å². The van der Waals surface area contributed by atoms with Crippen LogP contribution < -0.4 is 5.32 Å². The van der Waals surface area contributed by atoms with Crippen molar-refractivity contribution >= 4 is 35.1 Å². The van der Waals surface area contributed by atoms with E-state index in [0.717, 1.165) is 31.4 Å². The molecule has 0 fully saturated rings. The summed E-state index contributed by atoms with van der Waals surface area (Å²) < 4.78 is 18.6. The van der Waals surface area contributed by atoms with Crippen LogP contribution in [0.2, 0.25) is 0 Å². The number of halogens is 1. The summed E-state index contributed by atoms with van der Waals surface area (Å²) in [5, 5.41) is 13.4. The minimum Gasteiger partial charge on any atom is -0.465 e. The summed E-state index contributed by atoms with van der Waals surface area (Å²) in [5.41, 5.74) is -1.56. The van der Waals surface area contributed by atoms with Gasteiger partial charge in [-0.15, -0.1) is 0 Å². The van der Waals surface area contributed by atoms with Gasteiger partial charge in [-0.1, -0.05) is 6.07 Å². The highest BCUT2D eigenvalue weighted by Crippen LogP contribution is 2.32. The van der Waals surface area contributed by atoms with E-state index in [1.54, 1.807) is 0 Å². The number of ether oxygens (including phenoxy) is 1. The molecule has 1 aliphatic heterocycles. The molecule has 1 aliphatic rings. The smallest absolute Gasteiger partial charge is 0.337 e. The number of hydrogen-bond donors (Lipinski definition) is 1. The van der Waals surface area contributed by atoms with Crippen LogP contribution in [0.4, 0.5) is 15.8 Å². The summed E-state index contributed by atoms with van der Waals surface area (Å²) in [5.74, 6) is -4.45. The molecule has 1 heterocycles. The van der Waals surface area contributed by atoms with Crippen LogP contribution in [0.25, 0.3) is 0 Å². The summed E-state index contributed by atoms with van der Waals surface area (Å²) in [6.07, 6.45) is 0. The topological polar surface area (TPSA) is 136 Å². The van der Waals surface area contributed by atoms with Crippen LogP contribution in [0.15, 0.2) is 36.4 Å². The SMILES string of the molecule is COC(=O)c1ccc(F)c(NC(=O)C(C)N2C(=O)c3cccc([N+](=O)[O-])c3C2=O)c1. The number of esters is 1. The number of amides is 3. The van der Waals surface area contributed by atoms with Gasteiger partial charge in [-0.05, 0) is 31.2 Å². The van der Waals surface area contributed by atoms with E-state index in [1.807, 2.05) is 0 Å². The standard InChI is InChI=1S/C19H14FN3O7/c1-9(16(24)21-13-8-10(19(27)30-2)6-7-12(13)20)22-17(25)11-4-3-5-14(23(28)29)15(11)18(22)26/h3-9H,1-2H3,(H,21,24). The normalized spacial score (nSPS) is 13.6. The van der Waals surface area contributed by atoms with Crippen LogP contribution in [0, 0.1) is 15.9 Å². The van der Waals surface area contributed by atoms with Crippen molar-refractivity contribution in [2.45, 2.75) is 13.0 Å². The fraction of sp³-hybridized carbons (Fsp3) is 0.158. The first-order chi connectivity index (χ1) is 14.2. The van der Waals surface area contributed by atoms with E-state index in [-0.39, 0.29) is 16.8 Å². The van der Waals surface area contributed by atoms with Crippen molar-refractivity contribution in [3.8, 4) is 0 Å². The summed E-state index contributed by atoms with van der Waals surface area (Å²) in [4.78, 5) is 60.4. The maximum atomic E-state index is 14.1. The predicted molar refractivity (Wildman–Crippen MR) is 99.4 cm³/mol. The van der Waals surface area contributed by atoms with Crippen molar-refractivity contribution in [1.82, 2.24) is 4.90 Å². The molecule has 0 radical (unpaired) electrons. The van der Waals surface area contributed by atoms with Gasteiger partial charge in [0.05, 0.1) is 28.8 Å². The number of carbonyl (C=O) groups excluding carboxylic acids is 4. The van der Waals surface area contributed by atoms with Crippen LogP contribution in [0.5, 0.6) is 0 Å². The molecule has 3 rings (SSSR count). The highest BCUT2D eigenvalue weighted by atomic mass is 19.1. The number of hydrogen-bond acceptors (Lipinski definition) is 7. The second-order valence-corrected chi connectivity index (χ2v) is 6.29. The molecule has 1 N–H and O–H groups in total. The second kappa shape index (κ2) is 7.70. The number of nitro groups is 1. The maximum absolute atomic E-state index is 14.1. The number of benzene rings is 2. The van der Waals surface area contributed by atoms with E-state index in [1.165, 1.54) is 19.1 Å². The molecule has 1 atom stereocenters. The monoisotopic (exact) mass is 415 g/mol. The highest BCUT2D eigenvalue weighted by molar-refractivity contribution is 6.24. The first-order valence-electron chi connectivity index (χ1n) is 8.51. The molecular weight excluding hydrogens is 401 g/mol. The highest BCUT2D eigenvalue weighted by Gasteiger charge is 2.44. The van der Waals surface area contributed by atoms with Gasteiger partial charge in [-0.3, -0.25) is 29.4 Å². The number of nitrogens with zero attached hydrogens (tertiary/aromatic N) is 2. The summed E-state index contributed by atoms with van der Waals surface area (Å²) >= 11 is 0. The Bertz CT molecular complexity index is 1120. The minimum absolute atomic E-state index is 0.0294. The zero-order chi connectivity index (χ0) is 22.2. The third-order valence-corrected chi connectivity index (χ3v) is 4.53. The molecule has 1 unspecified atom stereocenters. The van der Waals surface area contributed by atoms with E-state index >= 15 is 0 Å². The number of methoxy groups -OCH3 is 1. The lowest BCUT2D eigenvalue weighted by molar-refractivity contribution is -0.385. The minimum atomic E-state index is -1.42. The van der Waals surface area contributed by atoms with E-state index in [9.17, 15) is 33.7 Å². The van der Waals surface area contributed by atoms with Gasteiger partial charge in [-0.25, -0.2) is 9.18 Å². The number of imide groups is 1. The number of nitro benzene ring substituents is 1. The quantitative estimate of drug-likeness (QED) is 0.342. The lowest BCUT2D eigenvalue weighted by atomic mass is 10.1. The van der Waals surface area contributed by atoms with Crippen LogP contribution in [0.1, 0.15) is 38.0 Å². The lowest BCUT2D eigenvalue weighted by Crippen LogP contribution is -2.45. The van der Waals surface area contributed by atoms with Gasteiger partial charge >= 0.3 is 5.97 Å². The Hall–Kier alpha value is -4.15. The Balaban J connectivity index is 1.88. The molecule has 0 saturated carbocycles. The van der Waals surface area contributed by atoms with Gasteiger partial charge < -0.3 is 10.1 Å². The number of carbonyl (C=O) groups is 4. The molecule has 2 aromatic rings. The van der Waals surface area contributed by atoms with Crippen molar-refractivity contribution in [2.75, 3.05) is 12.4 Å². The zero-order valence-electron chi connectivity index (χ0n) is 15.7.